The molecule has 2 aromatic heterocycles. The van der Waals surface area contributed by atoms with Crippen LogP contribution in [-0.2, 0) is 11.3 Å². The summed E-state index contributed by atoms with van der Waals surface area (Å²) in [6.07, 6.45) is 1.42. The maximum Gasteiger partial charge on any atom is 0.287 e. The third-order valence-corrected chi connectivity index (χ3v) is 4.67. The van der Waals surface area contributed by atoms with Crippen molar-refractivity contribution in [1.29, 1.82) is 0 Å². The van der Waals surface area contributed by atoms with Crippen LogP contribution in [0.1, 0.15) is 29.3 Å². The lowest BCUT2D eigenvalue weighted by Gasteiger charge is -2.21. The van der Waals surface area contributed by atoms with Gasteiger partial charge in [-0.15, -0.1) is 11.3 Å². The van der Waals surface area contributed by atoms with E-state index >= 15 is 0 Å². The molecule has 118 valence electrons. The number of nitrogens with one attached hydrogen (secondary N) is 2. The lowest BCUT2D eigenvalue weighted by atomic mass is 10.0. The van der Waals surface area contributed by atoms with Crippen LogP contribution in [0.25, 0.3) is 0 Å². The van der Waals surface area contributed by atoms with Gasteiger partial charge >= 0.3 is 0 Å². The second kappa shape index (κ2) is 7.60. The molecule has 0 fully saturated rings. The van der Waals surface area contributed by atoms with Gasteiger partial charge in [-0.2, -0.15) is 0 Å². The zero-order valence-electron chi connectivity index (χ0n) is 12.3. The highest BCUT2D eigenvalue weighted by Gasteiger charge is 2.25. The molecule has 1 atom stereocenters. The average molecular weight is 385 g/mol. The van der Waals surface area contributed by atoms with Crippen LogP contribution in [0.3, 0.4) is 0 Å². The van der Waals surface area contributed by atoms with Gasteiger partial charge in [-0.05, 0) is 46.1 Å². The molecule has 2 aromatic rings. The van der Waals surface area contributed by atoms with E-state index in [0.717, 1.165) is 8.66 Å². The van der Waals surface area contributed by atoms with Gasteiger partial charge in [0.1, 0.15) is 6.04 Å². The summed E-state index contributed by atoms with van der Waals surface area (Å²) in [4.78, 5) is 25.4. The maximum atomic E-state index is 12.3. The largest absolute Gasteiger partial charge is 0.459 e. The van der Waals surface area contributed by atoms with Gasteiger partial charge in [0.15, 0.2) is 5.76 Å². The van der Waals surface area contributed by atoms with Gasteiger partial charge in [0, 0.05) is 4.88 Å². The van der Waals surface area contributed by atoms with E-state index in [4.69, 9.17) is 4.42 Å². The third kappa shape index (κ3) is 4.45. The van der Waals surface area contributed by atoms with Gasteiger partial charge in [0.05, 0.1) is 16.6 Å². The summed E-state index contributed by atoms with van der Waals surface area (Å²) in [7, 11) is 0. The van der Waals surface area contributed by atoms with Crippen molar-refractivity contribution in [3.8, 4) is 0 Å². The van der Waals surface area contributed by atoms with Crippen molar-refractivity contribution in [2.75, 3.05) is 0 Å². The summed E-state index contributed by atoms with van der Waals surface area (Å²) in [6.45, 7) is 4.21. The zero-order chi connectivity index (χ0) is 16.1. The highest BCUT2D eigenvalue weighted by atomic mass is 79.9. The van der Waals surface area contributed by atoms with Crippen molar-refractivity contribution in [1.82, 2.24) is 10.6 Å². The van der Waals surface area contributed by atoms with E-state index in [-0.39, 0.29) is 17.6 Å². The summed E-state index contributed by atoms with van der Waals surface area (Å²) in [5.41, 5.74) is 0. The first-order chi connectivity index (χ1) is 10.5. The van der Waals surface area contributed by atoms with Crippen LogP contribution in [-0.4, -0.2) is 17.9 Å². The van der Waals surface area contributed by atoms with Crippen LogP contribution >= 0.6 is 27.3 Å². The van der Waals surface area contributed by atoms with Gasteiger partial charge in [-0.1, -0.05) is 13.8 Å². The van der Waals surface area contributed by atoms with Gasteiger partial charge in [0.25, 0.3) is 5.91 Å². The fourth-order valence-electron chi connectivity index (χ4n) is 1.89. The van der Waals surface area contributed by atoms with E-state index in [1.54, 1.807) is 23.5 Å². The first-order valence-electron chi connectivity index (χ1n) is 6.83. The van der Waals surface area contributed by atoms with Crippen molar-refractivity contribution in [3.63, 3.8) is 0 Å². The number of rotatable bonds is 6. The topological polar surface area (TPSA) is 71.3 Å². The fourth-order valence-corrected chi connectivity index (χ4v) is 3.31. The van der Waals surface area contributed by atoms with E-state index in [2.05, 4.69) is 26.6 Å². The molecule has 5 nitrogen and oxygen atoms in total. The molecule has 0 radical (unpaired) electrons. The first-order valence-corrected chi connectivity index (χ1v) is 8.44. The summed E-state index contributed by atoms with van der Waals surface area (Å²) in [5.74, 6) is -0.438. The molecule has 1 unspecified atom stereocenters. The molecular formula is C15H17BrN2O3S. The normalized spacial score (nSPS) is 12.2. The first kappa shape index (κ1) is 16.8. The molecule has 2 amide bonds. The lowest BCUT2D eigenvalue weighted by Crippen LogP contribution is -2.49. The van der Waals surface area contributed by atoms with Crippen LogP contribution in [0.5, 0.6) is 0 Å². The van der Waals surface area contributed by atoms with Crippen molar-refractivity contribution < 1.29 is 14.0 Å². The molecule has 22 heavy (non-hydrogen) atoms. The van der Waals surface area contributed by atoms with Crippen molar-refractivity contribution >= 4 is 39.1 Å². The second-order valence-corrected chi connectivity index (χ2v) is 7.64. The molecule has 0 saturated heterocycles. The Morgan fingerprint density at radius 1 is 1.32 bits per heavy atom. The molecule has 2 rings (SSSR count). The Hall–Kier alpha value is -1.60. The summed E-state index contributed by atoms with van der Waals surface area (Å²) < 4.78 is 6.06. The number of carbonyl (C=O) groups excluding carboxylic acids is 2. The van der Waals surface area contributed by atoms with Crippen molar-refractivity contribution in [3.05, 3.63) is 45.0 Å². The highest BCUT2D eigenvalue weighted by molar-refractivity contribution is 9.11. The maximum absolute atomic E-state index is 12.3. The van der Waals surface area contributed by atoms with Crippen LogP contribution < -0.4 is 10.6 Å². The van der Waals surface area contributed by atoms with Gasteiger partial charge in [-0.25, -0.2) is 0 Å². The Balaban J connectivity index is 1.95. The number of thiophene rings is 1. The fraction of sp³-hybridized carbons (Fsp3) is 0.333. The number of amides is 2. The van der Waals surface area contributed by atoms with E-state index in [0.29, 0.717) is 6.54 Å². The molecular weight excluding hydrogens is 368 g/mol. The predicted octanol–water partition coefficient (Wildman–Crippen LogP) is 3.17. The van der Waals surface area contributed by atoms with Gasteiger partial charge in [-0.3, -0.25) is 9.59 Å². The van der Waals surface area contributed by atoms with E-state index in [1.807, 2.05) is 26.0 Å². The molecule has 0 aromatic carbocycles. The van der Waals surface area contributed by atoms with Crippen LogP contribution in [0.15, 0.2) is 38.7 Å². The molecule has 0 aliphatic heterocycles. The number of carbonyl (C=O) groups is 2. The Bertz CT molecular complexity index is 637. The van der Waals surface area contributed by atoms with Crippen LogP contribution in [0.4, 0.5) is 0 Å². The van der Waals surface area contributed by atoms with Gasteiger partial charge < -0.3 is 15.1 Å². The number of hydrogen-bond acceptors (Lipinski definition) is 4. The molecule has 0 bridgehead atoms. The highest BCUT2D eigenvalue weighted by Crippen LogP contribution is 2.21. The van der Waals surface area contributed by atoms with Crippen LogP contribution in [0, 0.1) is 5.92 Å². The summed E-state index contributed by atoms with van der Waals surface area (Å²) in [6, 6.07) is 6.47. The molecule has 2 N–H and O–H groups in total. The molecule has 0 spiro atoms. The Morgan fingerprint density at radius 2 is 2.09 bits per heavy atom. The van der Waals surface area contributed by atoms with E-state index in [9.17, 15) is 9.59 Å². The molecule has 0 aliphatic rings. The van der Waals surface area contributed by atoms with Crippen LogP contribution in [0.2, 0.25) is 0 Å². The Labute approximate surface area is 141 Å². The van der Waals surface area contributed by atoms with E-state index < -0.39 is 11.9 Å². The Kier molecular flexibility index (Phi) is 5.79. The van der Waals surface area contributed by atoms with Crippen molar-refractivity contribution in [2.24, 2.45) is 5.92 Å². The minimum Gasteiger partial charge on any atom is -0.459 e. The number of halogens is 1. The van der Waals surface area contributed by atoms with E-state index in [1.165, 1.54) is 6.26 Å². The molecule has 7 heteroatoms. The lowest BCUT2D eigenvalue weighted by molar-refractivity contribution is -0.124. The number of hydrogen-bond donors (Lipinski definition) is 2. The average Bonchev–Trinajstić information content (AvgIpc) is 3.13. The SMILES string of the molecule is CC(C)C(NC(=O)c1ccco1)C(=O)NCc1ccc(Br)s1. The predicted molar refractivity (Wildman–Crippen MR) is 88.7 cm³/mol. The minimum absolute atomic E-state index is 0.0333. The second-order valence-electron chi connectivity index (χ2n) is 5.10. The zero-order valence-corrected chi connectivity index (χ0v) is 14.7. The minimum atomic E-state index is -0.610. The quantitative estimate of drug-likeness (QED) is 0.803. The Morgan fingerprint density at radius 3 is 2.64 bits per heavy atom. The molecule has 0 saturated carbocycles. The van der Waals surface area contributed by atoms with Crippen molar-refractivity contribution in [2.45, 2.75) is 26.4 Å². The third-order valence-electron chi connectivity index (χ3n) is 3.05. The summed E-state index contributed by atoms with van der Waals surface area (Å²) in [5, 5.41) is 5.56. The smallest absolute Gasteiger partial charge is 0.287 e. The monoisotopic (exact) mass is 384 g/mol. The summed E-state index contributed by atoms with van der Waals surface area (Å²) >= 11 is 4.95. The molecule has 0 aliphatic carbocycles. The molecule has 2 heterocycles. The van der Waals surface area contributed by atoms with Gasteiger partial charge in [0.2, 0.25) is 5.91 Å². The standard InChI is InChI=1S/C15H17BrN2O3S/c1-9(2)13(18-14(19)11-4-3-7-21-11)15(20)17-8-10-5-6-12(16)22-10/h3-7,9,13H,8H2,1-2H3,(H,17,20)(H,18,19). The number of furan rings is 1.